The van der Waals surface area contributed by atoms with Crippen LogP contribution in [0.4, 0.5) is 0 Å². The maximum atomic E-state index is 5.96. The van der Waals surface area contributed by atoms with Crippen LogP contribution in [0.5, 0.6) is 0 Å². The van der Waals surface area contributed by atoms with Gasteiger partial charge in [-0.3, -0.25) is 4.99 Å². The van der Waals surface area contributed by atoms with Gasteiger partial charge in [-0.25, -0.2) is 0 Å². The molecule has 1 aliphatic heterocycles. The Morgan fingerprint density at radius 3 is 2.52 bits per heavy atom. The molecule has 7 heteroatoms. The smallest absolute Gasteiger partial charge is 0.191 e. The lowest BCUT2D eigenvalue weighted by Crippen LogP contribution is -2.37. The van der Waals surface area contributed by atoms with Gasteiger partial charge in [0.05, 0.1) is 12.7 Å². The van der Waals surface area contributed by atoms with Gasteiger partial charge in [-0.1, -0.05) is 24.3 Å². The van der Waals surface area contributed by atoms with Gasteiger partial charge < -0.3 is 24.8 Å². The Morgan fingerprint density at radius 2 is 1.85 bits per heavy atom. The van der Waals surface area contributed by atoms with E-state index in [1.54, 1.807) is 7.05 Å². The zero-order valence-electron chi connectivity index (χ0n) is 16.5. The molecule has 1 aliphatic rings. The zero-order chi connectivity index (χ0) is 18.5. The van der Waals surface area contributed by atoms with Gasteiger partial charge in [-0.05, 0) is 37.3 Å². The molecule has 1 saturated heterocycles. The number of benzene rings is 1. The molecule has 0 amide bonds. The first-order valence-corrected chi connectivity index (χ1v) is 9.61. The zero-order valence-corrected chi connectivity index (χ0v) is 18.9. The minimum atomic E-state index is 0. The largest absolute Gasteiger partial charge is 0.382 e. The van der Waals surface area contributed by atoms with Crippen molar-refractivity contribution < 1.29 is 14.2 Å². The van der Waals surface area contributed by atoms with E-state index in [9.17, 15) is 0 Å². The SMILES string of the molecule is CCOCCCNC(=NC)NCc1ccc(COC2CCOCC2)cc1.I. The molecule has 0 radical (unpaired) electrons. The predicted octanol–water partition coefficient (Wildman–Crippen LogP) is 3.09. The minimum absolute atomic E-state index is 0. The van der Waals surface area contributed by atoms with Crippen molar-refractivity contribution in [1.29, 1.82) is 0 Å². The fourth-order valence-corrected chi connectivity index (χ4v) is 2.74. The Hall–Kier alpha value is -0.900. The molecule has 2 rings (SSSR count). The number of rotatable bonds is 10. The first-order valence-electron chi connectivity index (χ1n) is 9.61. The average molecular weight is 491 g/mol. The van der Waals surface area contributed by atoms with Crippen molar-refractivity contribution in [3.63, 3.8) is 0 Å². The number of nitrogens with one attached hydrogen (secondary N) is 2. The van der Waals surface area contributed by atoms with Gasteiger partial charge in [0.1, 0.15) is 0 Å². The van der Waals surface area contributed by atoms with Gasteiger partial charge in [0, 0.05) is 46.6 Å². The van der Waals surface area contributed by atoms with Crippen molar-refractivity contribution in [2.24, 2.45) is 4.99 Å². The van der Waals surface area contributed by atoms with Gasteiger partial charge in [-0.15, -0.1) is 24.0 Å². The molecular formula is C20H34IN3O3. The fourth-order valence-electron chi connectivity index (χ4n) is 2.74. The Morgan fingerprint density at radius 1 is 1.15 bits per heavy atom. The maximum absolute atomic E-state index is 5.96. The van der Waals surface area contributed by atoms with Crippen molar-refractivity contribution in [2.45, 2.75) is 45.4 Å². The highest BCUT2D eigenvalue weighted by Crippen LogP contribution is 2.14. The van der Waals surface area contributed by atoms with Crippen LogP contribution in [0.25, 0.3) is 0 Å². The van der Waals surface area contributed by atoms with Crippen molar-refractivity contribution in [2.75, 3.05) is 40.0 Å². The Balaban J connectivity index is 0.00000364. The molecule has 154 valence electrons. The normalized spacial score (nSPS) is 15.3. The van der Waals surface area contributed by atoms with E-state index in [2.05, 4.69) is 39.9 Å². The van der Waals surface area contributed by atoms with E-state index < -0.39 is 0 Å². The number of guanidine groups is 1. The summed E-state index contributed by atoms with van der Waals surface area (Å²) in [6.45, 7) is 7.44. The molecule has 0 aliphatic carbocycles. The predicted molar refractivity (Wildman–Crippen MR) is 120 cm³/mol. The maximum Gasteiger partial charge on any atom is 0.191 e. The van der Waals surface area contributed by atoms with E-state index in [4.69, 9.17) is 14.2 Å². The average Bonchev–Trinajstić information content (AvgIpc) is 2.70. The Labute approximate surface area is 180 Å². The van der Waals surface area contributed by atoms with Crippen molar-refractivity contribution in [3.05, 3.63) is 35.4 Å². The van der Waals surface area contributed by atoms with Crippen LogP contribution in [0.1, 0.15) is 37.3 Å². The molecule has 1 heterocycles. The van der Waals surface area contributed by atoms with Gasteiger partial charge >= 0.3 is 0 Å². The summed E-state index contributed by atoms with van der Waals surface area (Å²) >= 11 is 0. The molecule has 0 unspecified atom stereocenters. The highest BCUT2D eigenvalue weighted by molar-refractivity contribution is 14.0. The summed E-state index contributed by atoms with van der Waals surface area (Å²) in [6, 6.07) is 8.54. The lowest BCUT2D eigenvalue weighted by atomic mass is 10.1. The van der Waals surface area contributed by atoms with E-state index >= 15 is 0 Å². The van der Waals surface area contributed by atoms with Crippen molar-refractivity contribution in [3.8, 4) is 0 Å². The second kappa shape index (κ2) is 15.1. The van der Waals surface area contributed by atoms with Crippen molar-refractivity contribution in [1.82, 2.24) is 10.6 Å². The summed E-state index contributed by atoms with van der Waals surface area (Å²) in [7, 11) is 1.79. The van der Waals surface area contributed by atoms with Crippen LogP contribution in [-0.4, -0.2) is 52.1 Å². The van der Waals surface area contributed by atoms with Crippen LogP contribution < -0.4 is 10.6 Å². The number of halogens is 1. The molecule has 6 nitrogen and oxygen atoms in total. The van der Waals surface area contributed by atoms with Gasteiger partial charge in [0.25, 0.3) is 0 Å². The first kappa shape index (κ1) is 24.1. The first-order chi connectivity index (χ1) is 12.8. The van der Waals surface area contributed by atoms with Crippen LogP contribution in [0.2, 0.25) is 0 Å². The number of hydrogen-bond donors (Lipinski definition) is 2. The molecular weight excluding hydrogens is 457 g/mol. The van der Waals surface area contributed by atoms with Gasteiger partial charge in [0.15, 0.2) is 5.96 Å². The van der Waals surface area contributed by atoms with Gasteiger partial charge in [-0.2, -0.15) is 0 Å². The van der Waals surface area contributed by atoms with Crippen LogP contribution in [-0.2, 0) is 27.4 Å². The molecule has 27 heavy (non-hydrogen) atoms. The minimum Gasteiger partial charge on any atom is -0.382 e. The Kier molecular flexibility index (Phi) is 13.5. The van der Waals surface area contributed by atoms with E-state index in [0.29, 0.717) is 12.7 Å². The molecule has 1 fully saturated rings. The lowest BCUT2D eigenvalue weighted by Gasteiger charge is -2.22. The number of ether oxygens (including phenoxy) is 3. The molecule has 0 saturated carbocycles. The van der Waals surface area contributed by atoms with Crippen LogP contribution in [0.3, 0.4) is 0 Å². The Bertz CT molecular complexity index is 520. The van der Waals surface area contributed by atoms with Crippen LogP contribution in [0, 0.1) is 0 Å². The van der Waals surface area contributed by atoms with E-state index in [0.717, 1.165) is 64.7 Å². The summed E-state index contributed by atoms with van der Waals surface area (Å²) < 4.78 is 16.6. The second-order valence-corrected chi connectivity index (χ2v) is 6.34. The highest BCUT2D eigenvalue weighted by Gasteiger charge is 2.13. The van der Waals surface area contributed by atoms with E-state index in [1.807, 2.05) is 6.92 Å². The lowest BCUT2D eigenvalue weighted by molar-refractivity contribution is -0.0390. The standard InChI is InChI=1S/C20H33N3O3.HI/c1-3-24-12-4-11-22-20(21-2)23-15-17-5-7-18(8-6-17)16-26-19-9-13-25-14-10-19;/h5-8,19H,3-4,9-16H2,1-2H3,(H2,21,22,23);1H. The van der Waals surface area contributed by atoms with Crippen LogP contribution >= 0.6 is 24.0 Å². The molecule has 0 atom stereocenters. The molecule has 0 bridgehead atoms. The third-order valence-electron chi connectivity index (χ3n) is 4.32. The summed E-state index contributed by atoms with van der Waals surface area (Å²) in [5, 5.41) is 6.63. The van der Waals surface area contributed by atoms with Gasteiger partial charge in [0.2, 0.25) is 0 Å². The highest BCUT2D eigenvalue weighted by atomic mass is 127. The monoisotopic (exact) mass is 491 g/mol. The van der Waals surface area contributed by atoms with E-state index in [-0.39, 0.29) is 24.0 Å². The topological polar surface area (TPSA) is 64.1 Å². The summed E-state index contributed by atoms with van der Waals surface area (Å²) in [5.74, 6) is 0.813. The summed E-state index contributed by atoms with van der Waals surface area (Å²) in [4.78, 5) is 4.24. The fraction of sp³-hybridized carbons (Fsp3) is 0.650. The quantitative estimate of drug-likeness (QED) is 0.228. The second-order valence-electron chi connectivity index (χ2n) is 6.34. The summed E-state index contributed by atoms with van der Waals surface area (Å²) in [5.41, 5.74) is 2.43. The molecule has 1 aromatic rings. The number of nitrogens with zero attached hydrogens (tertiary/aromatic N) is 1. The van der Waals surface area contributed by atoms with Crippen molar-refractivity contribution >= 4 is 29.9 Å². The van der Waals surface area contributed by atoms with Crippen LogP contribution in [0.15, 0.2) is 29.3 Å². The summed E-state index contributed by atoms with van der Waals surface area (Å²) in [6.07, 6.45) is 3.30. The molecule has 2 N–H and O–H groups in total. The number of hydrogen-bond acceptors (Lipinski definition) is 4. The van der Waals surface area contributed by atoms with E-state index in [1.165, 1.54) is 11.1 Å². The number of aliphatic imine (C=N–C) groups is 1. The molecule has 0 aromatic heterocycles. The molecule has 0 spiro atoms. The third-order valence-corrected chi connectivity index (χ3v) is 4.32. The third kappa shape index (κ3) is 10.3. The molecule has 1 aromatic carbocycles.